The van der Waals surface area contributed by atoms with Crippen LogP contribution >= 0.6 is 11.6 Å². The zero-order valence-corrected chi connectivity index (χ0v) is 68.0. The largest absolute Gasteiger partial charge is 0.497 e. The summed E-state index contributed by atoms with van der Waals surface area (Å²) in [7, 11) is 8.17. The molecule has 4 aromatic carbocycles. The Labute approximate surface area is 720 Å². The maximum atomic E-state index is 13.7. The van der Waals surface area contributed by atoms with E-state index in [-0.39, 0.29) is 31.0 Å². The molecule has 3 N–H and O–H groups in total. The number of methoxy groups -OCH3 is 4. The van der Waals surface area contributed by atoms with E-state index in [0.717, 1.165) is 75.3 Å². The number of benzene rings is 4. The second-order valence-corrected chi connectivity index (χ2v) is 28.2. The number of aromatic nitrogens is 24. The number of alkyl halides is 6. The SMILES string of the molecule is COc1ccc2c(OCc3nnc4ccc(-c5cnn(C)c5)nn34)ccnc2c1.COc1cnc2c(NCc3cnc4ccc(-c5cc(F)c(F)c(F)c5)nn34)ccnc2c1.COc1cnc2c(NCc3nnc4ccc(-c5ccc(C(F)(F)F)c(Cl)c5)nn34)ccnc2c1.COc1cnc2c(NCc3nnc4ccc(-c5cccc(C(F)(F)F)c5)nn34)ccnc2c1. The monoisotopic (exact) mass is 1760 g/mol. The average molecular weight is 1760 g/mol. The zero-order valence-electron chi connectivity index (χ0n) is 67.2. The van der Waals surface area contributed by atoms with Crippen LogP contribution in [0.5, 0.6) is 28.7 Å². The van der Waals surface area contributed by atoms with Crippen LogP contribution in [0.2, 0.25) is 5.02 Å². The maximum absolute atomic E-state index is 13.7. The first-order valence-corrected chi connectivity index (χ1v) is 38.7. The van der Waals surface area contributed by atoms with Crippen molar-refractivity contribution in [3.8, 4) is 73.8 Å². The molecule has 16 aromatic heterocycles. The second-order valence-electron chi connectivity index (χ2n) is 27.8. The fourth-order valence-electron chi connectivity index (χ4n) is 13.3. The van der Waals surface area contributed by atoms with Gasteiger partial charge in [0.05, 0.1) is 163 Å². The molecule has 0 fully saturated rings. The summed E-state index contributed by atoms with van der Waals surface area (Å²) < 4.78 is 154. The highest BCUT2D eigenvalue weighted by atomic mass is 35.5. The van der Waals surface area contributed by atoms with Crippen molar-refractivity contribution in [3.63, 3.8) is 0 Å². The highest BCUT2D eigenvalue weighted by Gasteiger charge is 2.34. The number of imidazole rings is 1. The summed E-state index contributed by atoms with van der Waals surface area (Å²) in [5, 5.41) is 57.5. The summed E-state index contributed by atoms with van der Waals surface area (Å²) in [4.78, 5) is 34.8. The third kappa shape index (κ3) is 18.0. The van der Waals surface area contributed by atoms with Gasteiger partial charge in [-0.25, -0.2) is 37.6 Å². The summed E-state index contributed by atoms with van der Waals surface area (Å²) in [6.07, 6.45) is 7.84. The lowest BCUT2D eigenvalue weighted by atomic mass is 10.1. The fraction of sp³-hybridized carbons (Fsp3) is 0.128. The topological polar surface area (TPSA) is 350 Å². The van der Waals surface area contributed by atoms with Gasteiger partial charge in [0, 0.05) is 89.9 Å². The number of nitrogens with zero attached hydrogens (tertiary/aromatic N) is 24. The number of anilines is 3. The minimum atomic E-state index is -4.53. The predicted molar refractivity (Wildman–Crippen MR) is 452 cm³/mol. The summed E-state index contributed by atoms with van der Waals surface area (Å²) in [5.41, 5.74) is 11.9. The van der Waals surface area contributed by atoms with Crippen molar-refractivity contribution in [1.29, 1.82) is 0 Å². The number of aryl methyl sites for hydroxylation is 1. The molecule has 0 spiro atoms. The lowest BCUT2D eigenvalue weighted by molar-refractivity contribution is -0.138. The van der Waals surface area contributed by atoms with E-state index >= 15 is 0 Å². The van der Waals surface area contributed by atoms with Crippen LogP contribution in [0.4, 0.5) is 56.6 Å². The Morgan fingerprint density at radius 1 is 0.391 bits per heavy atom. The van der Waals surface area contributed by atoms with Crippen molar-refractivity contribution in [1.82, 2.24) is 119 Å². The van der Waals surface area contributed by atoms with Gasteiger partial charge in [-0.3, -0.25) is 24.6 Å². The van der Waals surface area contributed by atoms with Crippen molar-refractivity contribution >= 4 is 95.3 Å². The van der Waals surface area contributed by atoms with Gasteiger partial charge in [0.1, 0.15) is 51.9 Å². The third-order valence-electron chi connectivity index (χ3n) is 19.7. The molecule has 0 aliphatic carbocycles. The number of rotatable bonds is 20. The molecular weight excluding hydrogens is 1700 g/mol. The average Bonchev–Trinajstić information content (AvgIpc) is 1.68. The van der Waals surface area contributed by atoms with Crippen molar-refractivity contribution in [3.05, 3.63) is 283 Å². The highest BCUT2D eigenvalue weighted by molar-refractivity contribution is 6.31. The number of ether oxygens (including phenoxy) is 5. The molecule has 0 bridgehead atoms. The van der Waals surface area contributed by atoms with E-state index in [0.29, 0.717) is 131 Å². The van der Waals surface area contributed by atoms with E-state index in [4.69, 9.17) is 35.3 Å². The molecule has 0 saturated heterocycles. The number of halogens is 10. The van der Waals surface area contributed by atoms with Crippen LogP contribution in [0.1, 0.15) is 34.3 Å². The lowest BCUT2D eigenvalue weighted by Gasteiger charge is -2.11. The zero-order chi connectivity index (χ0) is 88.9. The lowest BCUT2D eigenvalue weighted by Crippen LogP contribution is -2.08. The summed E-state index contributed by atoms with van der Waals surface area (Å²) >= 11 is 5.87. The van der Waals surface area contributed by atoms with E-state index in [1.807, 2.05) is 49.6 Å². The van der Waals surface area contributed by atoms with E-state index in [1.165, 1.54) is 27.2 Å². The number of hydrogen-bond acceptors (Lipinski definition) is 27. The van der Waals surface area contributed by atoms with Crippen LogP contribution in [-0.4, -0.2) is 147 Å². The molecule has 32 nitrogen and oxygen atoms in total. The maximum Gasteiger partial charge on any atom is 0.417 e. The number of nitrogens with one attached hydrogen (secondary N) is 3. The van der Waals surface area contributed by atoms with Gasteiger partial charge in [0.25, 0.3) is 0 Å². The Morgan fingerprint density at radius 3 is 1.37 bits per heavy atom. The minimum absolute atomic E-state index is 0.120. The van der Waals surface area contributed by atoms with Crippen molar-refractivity contribution in [2.75, 3.05) is 44.4 Å². The molecular formula is C86H63ClF9N27O5. The molecule has 0 amide bonds. The van der Waals surface area contributed by atoms with E-state index in [2.05, 4.69) is 112 Å². The van der Waals surface area contributed by atoms with E-state index < -0.39 is 46.0 Å². The van der Waals surface area contributed by atoms with Crippen LogP contribution in [-0.2, 0) is 45.6 Å². The molecule has 0 radical (unpaired) electrons. The quantitative estimate of drug-likeness (QED) is 0.0471. The molecule has 20 aromatic rings. The molecule has 0 unspecified atom stereocenters. The molecule has 0 aliphatic rings. The summed E-state index contributed by atoms with van der Waals surface area (Å²) in [6, 6.07) is 42.2. The van der Waals surface area contributed by atoms with Gasteiger partial charge in [-0.1, -0.05) is 29.8 Å². The van der Waals surface area contributed by atoms with Gasteiger partial charge in [-0.2, -0.15) is 65.4 Å². The Balaban J connectivity index is 0.000000120. The van der Waals surface area contributed by atoms with Crippen molar-refractivity contribution in [2.24, 2.45) is 7.05 Å². The molecule has 20 rings (SSSR count). The molecule has 0 atom stereocenters. The molecule has 0 aliphatic heterocycles. The van der Waals surface area contributed by atoms with Gasteiger partial charge in [-0.15, -0.1) is 30.6 Å². The van der Waals surface area contributed by atoms with Gasteiger partial charge >= 0.3 is 12.4 Å². The minimum Gasteiger partial charge on any atom is -0.497 e. The number of hydrogen-bond donors (Lipinski definition) is 3. The Morgan fingerprint density at radius 2 is 0.859 bits per heavy atom. The molecule has 642 valence electrons. The van der Waals surface area contributed by atoms with Gasteiger partial charge < -0.3 is 39.6 Å². The van der Waals surface area contributed by atoms with Crippen LogP contribution in [0.25, 0.3) is 112 Å². The number of pyridine rings is 7. The molecule has 128 heavy (non-hydrogen) atoms. The Kier molecular flexibility index (Phi) is 23.4. The normalized spacial score (nSPS) is 11.5. The highest BCUT2D eigenvalue weighted by Crippen LogP contribution is 2.38. The summed E-state index contributed by atoms with van der Waals surface area (Å²) in [5.74, 6) is 0.770. The van der Waals surface area contributed by atoms with E-state index in [9.17, 15) is 39.5 Å². The van der Waals surface area contributed by atoms with Crippen LogP contribution in [0.3, 0.4) is 0 Å². The van der Waals surface area contributed by atoms with Gasteiger partial charge in [-0.05, 0) is 121 Å². The number of fused-ring (bicyclic) bond motifs is 8. The first kappa shape index (κ1) is 83.8. The first-order valence-electron chi connectivity index (χ1n) is 38.3. The fourth-order valence-corrected chi connectivity index (χ4v) is 13.6. The standard InChI is InChI=1S/C22H15ClF3N7O.C22H16F3N7O.C22H15F3N6O.C20H17N7O2/c1-34-13-9-18-21(29-10-13)17(6-7-27-18)28-11-20-31-30-19-5-4-16(32-33(19)20)12-2-3-14(15(23)8-12)22(24,25)26;1-33-15-10-18-21(28-11-15)17(7-8-26-18)27-12-20-30-29-19-6-5-16(31-32(19)20)13-3-2-4-14(9-13)22(23,24)25;1-32-14-8-19-22(29-11-14)18(4-5-26-19)27-9-13-10-28-20-3-2-17(30-31(13)20)12-6-15(23)21(25)16(24)7-12;1-26-11-13(10-22-26)16-5-6-19-23-24-20(27(19)25-16)12-29-18-7-8-21-17-9-14(28-2)3-4-15(17)18/h2-10H,11H2,1H3,(H,27,28);2-11H,12H2,1H3,(H,26,27);2-8,10-11H,9H2,1H3,(H,26,27);3-11H,12H2,1-2H3. The van der Waals surface area contributed by atoms with Crippen LogP contribution in [0.15, 0.2) is 226 Å². The van der Waals surface area contributed by atoms with E-state index in [1.54, 1.807) is 177 Å². The molecule has 0 saturated carbocycles. The van der Waals surface area contributed by atoms with Crippen molar-refractivity contribution < 1.29 is 63.2 Å². The molecule has 16 heterocycles. The second kappa shape index (κ2) is 35.8. The smallest absolute Gasteiger partial charge is 0.417 e. The van der Waals surface area contributed by atoms with Crippen molar-refractivity contribution in [2.45, 2.75) is 38.6 Å². The van der Waals surface area contributed by atoms with Crippen LogP contribution < -0.4 is 39.6 Å². The van der Waals surface area contributed by atoms with Crippen LogP contribution in [0, 0.1) is 17.5 Å². The molecule has 42 heteroatoms. The Bertz CT molecular complexity index is 7520. The summed E-state index contributed by atoms with van der Waals surface area (Å²) in [6.45, 7) is 1.08. The van der Waals surface area contributed by atoms with Gasteiger partial charge in [0.15, 0.2) is 57.5 Å². The Hall–Kier alpha value is -16.5. The van der Waals surface area contributed by atoms with Gasteiger partial charge in [0.2, 0.25) is 0 Å². The third-order valence-corrected chi connectivity index (χ3v) is 20.0. The first-order chi connectivity index (χ1) is 62.0. The predicted octanol–water partition coefficient (Wildman–Crippen LogP) is 16.4.